The second-order valence-electron chi connectivity index (χ2n) is 6.23. The van der Waals surface area contributed by atoms with E-state index in [1.807, 2.05) is 30.9 Å². The summed E-state index contributed by atoms with van der Waals surface area (Å²) in [6.07, 6.45) is 2.91. The first-order valence-corrected chi connectivity index (χ1v) is 7.45. The normalized spacial score (nSPS) is 31.4. The van der Waals surface area contributed by atoms with Crippen LogP contribution in [-0.2, 0) is 0 Å². The molecule has 3 aliphatic rings. The van der Waals surface area contributed by atoms with Crippen LogP contribution in [0.1, 0.15) is 43.4 Å². The molecule has 2 aliphatic heterocycles. The van der Waals surface area contributed by atoms with Crippen LogP contribution in [0.5, 0.6) is 5.75 Å². The molecule has 2 bridgehead atoms. The van der Waals surface area contributed by atoms with Gasteiger partial charge in [0.05, 0.1) is 6.04 Å². The number of nitrogens with zero attached hydrogens (tertiary/aromatic N) is 1. The lowest BCUT2D eigenvalue weighted by atomic mass is 9.89. The number of hydrogen-bond donors (Lipinski definition) is 1. The number of urea groups is 1. The number of carbonyl (C=O) groups is 1. The summed E-state index contributed by atoms with van der Waals surface area (Å²) in [5.41, 5.74) is 1.48. The number of aryl methyl sites for hydroxylation is 1. The maximum Gasteiger partial charge on any atom is 0.321 e. The van der Waals surface area contributed by atoms with Gasteiger partial charge in [-0.3, -0.25) is 4.90 Å². The Bertz CT molecular complexity index is 614. The third kappa shape index (κ3) is 1.64. The topological polar surface area (TPSA) is 41.6 Å². The van der Waals surface area contributed by atoms with Crippen LogP contribution < -0.4 is 10.1 Å². The quantitative estimate of drug-likeness (QED) is 0.862. The third-order valence-electron chi connectivity index (χ3n) is 4.49. The van der Waals surface area contributed by atoms with Gasteiger partial charge in [0.15, 0.2) is 5.72 Å². The number of benzene rings is 1. The maximum absolute atomic E-state index is 12.4. The molecule has 1 aromatic carbocycles. The Labute approximate surface area is 123 Å². The summed E-state index contributed by atoms with van der Waals surface area (Å²) < 4.78 is 6.27. The molecule has 1 saturated carbocycles. The zero-order chi connectivity index (χ0) is 14.1. The Morgan fingerprint density at radius 2 is 2.20 bits per heavy atom. The van der Waals surface area contributed by atoms with Crippen LogP contribution in [0, 0.1) is 6.92 Å². The van der Waals surface area contributed by atoms with E-state index in [0.717, 1.165) is 36.1 Å². The molecule has 1 N–H and O–H groups in total. The second kappa shape index (κ2) is 3.82. The molecule has 2 heterocycles. The summed E-state index contributed by atoms with van der Waals surface area (Å²) in [4.78, 5) is 14.3. The minimum Gasteiger partial charge on any atom is -0.467 e. The van der Waals surface area contributed by atoms with Gasteiger partial charge < -0.3 is 10.1 Å². The predicted octanol–water partition coefficient (Wildman–Crippen LogP) is 3.38. The molecule has 106 valence electrons. The standard InChI is InChI=1S/C15H17ClN2O2/c1-8-5-9(16)6-11-12-7-15(2,20-13(8)11)18(10-3-4-10)14(19)17-12/h5-6,10,12H,3-4,7H2,1-2H3,(H,17,19). The minimum atomic E-state index is -0.542. The monoisotopic (exact) mass is 292 g/mol. The molecule has 1 saturated heterocycles. The number of fused-ring (bicyclic) bond motifs is 4. The number of nitrogens with one attached hydrogen (secondary N) is 1. The van der Waals surface area contributed by atoms with Crippen LogP contribution in [0.15, 0.2) is 12.1 Å². The Hall–Kier alpha value is -1.42. The Balaban J connectivity index is 1.83. The molecule has 5 heteroatoms. The van der Waals surface area contributed by atoms with E-state index in [2.05, 4.69) is 5.32 Å². The van der Waals surface area contributed by atoms with Crippen molar-refractivity contribution in [2.75, 3.05) is 0 Å². The molecule has 20 heavy (non-hydrogen) atoms. The van der Waals surface area contributed by atoms with Gasteiger partial charge in [-0.25, -0.2) is 4.79 Å². The van der Waals surface area contributed by atoms with E-state index in [4.69, 9.17) is 16.3 Å². The van der Waals surface area contributed by atoms with E-state index in [1.54, 1.807) is 0 Å². The predicted molar refractivity (Wildman–Crippen MR) is 76.0 cm³/mol. The number of hydrogen-bond acceptors (Lipinski definition) is 2. The van der Waals surface area contributed by atoms with Gasteiger partial charge in [-0.15, -0.1) is 0 Å². The van der Waals surface area contributed by atoms with Crippen molar-refractivity contribution in [3.63, 3.8) is 0 Å². The molecular weight excluding hydrogens is 276 g/mol. The van der Waals surface area contributed by atoms with E-state index in [0.29, 0.717) is 11.1 Å². The molecule has 1 aromatic rings. The first-order chi connectivity index (χ1) is 9.48. The van der Waals surface area contributed by atoms with Crippen molar-refractivity contribution in [1.29, 1.82) is 0 Å². The average molecular weight is 293 g/mol. The number of ether oxygens (including phenoxy) is 1. The fourth-order valence-corrected chi connectivity index (χ4v) is 3.78. The zero-order valence-corrected chi connectivity index (χ0v) is 12.3. The smallest absolute Gasteiger partial charge is 0.321 e. The second-order valence-corrected chi connectivity index (χ2v) is 6.66. The van der Waals surface area contributed by atoms with Gasteiger partial charge >= 0.3 is 6.03 Å². The van der Waals surface area contributed by atoms with E-state index < -0.39 is 5.72 Å². The van der Waals surface area contributed by atoms with Crippen LogP contribution in [0.2, 0.25) is 5.02 Å². The minimum absolute atomic E-state index is 0.0105. The van der Waals surface area contributed by atoms with Crippen LogP contribution in [0.3, 0.4) is 0 Å². The highest BCUT2D eigenvalue weighted by Crippen LogP contribution is 2.49. The summed E-state index contributed by atoms with van der Waals surface area (Å²) in [6.45, 7) is 4.02. The number of carbonyl (C=O) groups excluding carboxylic acids is 1. The molecule has 0 aromatic heterocycles. The van der Waals surface area contributed by atoms with Crippen LogP contribution >= 0.6 is 11.6 Å². The molecule has 2 fully saturated rings. The zero-order valence-electron chi connectivity index (χ0n) is 11.6. The summed E-state index contributed by atoms with van der Waals surface area (Å²) in [5.74, 6) is 0.874. The first kappa shape index (κ1) is 12.3. The third-order valence-corrected chi connectivity index (χ3v) is 4.70. The van der Waals surface area contributed by atoms with Gasteiger partial charge in [-0.1, -0.05) is 11.6 Å². The van der Waals surface area contributed by atoms with E-state index in [9.17, 15) is 4.79 Å². The average Bonchev–Trinajstić information content (AvgIpc) is 3.14. The lowest BCUT2D eigenvalue weighted by molar-refractivity contribution is -0.0882. The highest BCUT2D eigenvalue weighted by molar-refractivity contribution is 6.30. The lowest BCUT2D eigenvalue weighted by Gasteiger charge is -2.51. The molecule has 2 atom stereocenters. The van der Waals surface area contributed by atoms with Crippen molar-refractivity contribution >= 4 is 17.6 Å². The molecular formula is C15H17ClN2O2. The van der Waals surface area contributed by atoms with Crippen molar-refractivity contribution < 1.29 is 9.53 Å². The van der Waals surface area contributed by atoms with Gasteiger partial charge in [0.1, 0.15) is 5.75 Å². The van der Waals surface area contributed by atoms with Crippen molar-refractivity contribution in [1.82, 2.24) is 10.2 Å². The van der Waals surface area contributed by atoms with Crippen LogP contribution in [0.4, 0.5) is 4.79 Å². The highest BCUT2D eigenvalue weighted by atomic mass is 35.5. The van der Waals surface area contributed by atoms with Crippen LogP contribution in [0.25, 0.3) is 0 Å². The Kier molecular flexibility index (Phi) is 2.35. The van der Waals surface area contributed by atoms with Gasteiger partial charge in [0, 0.05) is 23.0 Å². The van der Waals surface area contributed by atoms with E-state index in [-0.39, 0.29) is 12.1 Å². The Morgan fingerprint density at radius 3 is 2.90 bits per heavy atom. The largest absolute Gasteiger partial charge is 0.467 e. The summed E-state index contributed by atoms with van der Waals surface area (Å²) in [6, 6.07) is 4.11. The number of rotatable bonds is 1. The van der Waals surface area contributed by atoms with Crippen molar-refractivity contribution in [3.05, 3.63) is 28.3 Å². The van der Waals surface area contributed by atoms with E-state index in [1.165, 1.54) is 0 Å². The van der Waals surface area contributed by atoms with Gasteiger partial charge in [0.2, 0.25) is 0 Å². The fourth-order valence-electron chi connectivity index (χ4n) is 3.50. The molecule has 4 rings (SSSR count). The van der Waals surface area contributed by atoms with Gasteiger partial charge in [0.25, 0.3) is 0 Å². The highest BCUT2D eigenvalue weighted by Gasteiger charge is 2.53. The van der Waals surface area contributed by atoms with Gasteiger partial charge in [-0.05, 0) is 44.4 Å². The Morgan fingerprint density at radius 1 is 1.45 bits per heavy atom. The molecule has 0 radical (unpaired) electrons. The van der Waals surface area contributed by atoms with Crippen molar-refractivity contribution in [2.24, 2.45) is 0 Å². The summed E-state index contributed by atoms with van der Waals surface area (Å²) >= 11 is 6.14. The summed E-state index contributed by atoms with van der Waals surface area (Å²) in [5, 5.41) is 3.79. The SMILES string of the molecule is Cc1cc(Cl)cc2c1OC1(C)CC2NC(=O)N1C1CC1. The fraction of sp³-hybridized carbons (Fsp3) is 0.533. The summed E-state index contributed by atoms with van der Waals surface area (Å²) in [7, 11) is 0. The maximum atomic E-state index is 12.4. The molecule has 2 unspecified atom stereocenters. The number of halogens is 1. The van der Waals surface area contributed by atoms with Crippen molar-refractivity contribution in [3.8, 4) is 5.75 Å². The lowest BCUT2D eigenvalue weighted by Crippen LogP contribution is -2.65. The van der Waals surface area contributed by atoms with Crippen LogP contribution in [-0.4, -0.2) is 22.7 Å². The van der Waals surface area contributed by atoms with Gasteiger partial charge in [-0.2, -0.15) is 0 Å². The van der Waals surface area contributed by atoms with Crippen molar-refractivity contribution in [2.45, 2.75) is 50.9 Å². The molecule has 4 nitrogen and oxygen atoms in total. The molecule has 2 amide bonds. The molecule has 0 spiro atoms. The van der Waals surface area contributed by atoms with E-state index >= 15 is 0 Å². The molecule has 1 aliphatic carbocycles. The first-order valence-electron chi connectivity index (χ1n) is 7.07. The number of amides is 2.